The average molecular weight is 559 g/mol. The van der Waals surface area contributed by atoms with E-state index in [0.717, 1.165) is 45.0 Å². The van der Waals surface area contributed by atoms with Crippen molar-refractivity contribution >= 4 is 34.6 Å². The van der Waals surface area contributed by atoms with Crippen LogP contribution in [0.3, 0.4) is 0 Å². The van der Waals surface area contributed by atoms with Crippen molar-refractivity contribution in [3.8, 4) is 22.3 Å². The van der Waals surface area contributed by atoms with Crippen molar-refractivity contribution in [2.75, 3.05) is 9.80 Å². The summed E-state index contributed by atoms with van der Waals surface area (Å²) in [7, 11) is 0. The Morgan fingerprint density at radius 2 is 0.698 bits per heavy atom. The van der Waals surface area contributed by atoms with Gasteiger partial charge in [0, 0.05) is 35.2 Å². The maximum Gasteiger partial charge on any atom is 0.262 e. The third-order valence-corrected chi connectivity index (χ3v) is 7.37. The Balaban J connectivity index is 1.30. The molecule has 0 fully saturated rings. The molecule has 6 rings (SSSR count). The van der Waals surface area contributed by atoms with Gasteiger partial charge < -0.3 is 0 Å². The number of benzene rings is 6. The smallest absolute Gasteiger partial charge is 0.262 e. The zero-order valence-corrected chi connectivity index (χ0v) is 23.8. The largest absolute Gasteiger partial charge is 0.281 e. The molecule has 6 aromatic carbocycles. The van der Waals surface area contributed by atoms with Crippen molar-refractivity contribution in [1.82, 2.24) is 0 Å². The van der Waals surface area contributed by atoms with E-state index in [4.69, 9.17) is 0 Å². The Morgan fingerprint density at radius 3 is 1.12 bits per heavy atom. The predicted molar refractivity (Wildman–Crippen MR) is 176 cm³/mol. The highest BCUT2D eigenvalue weighted by Gasteiger charge is 2.20. The number of carbonyl (C=O) groups is 2. The Hall–Kier alpha value is -5.74. The summed E-state index contributed by atoms with van der Waals surface area (Å²) >= 11 is 0. The summed E-state index contributed by atoms with van der Waals surface area (Å²) in [5.41, 5.74) is 8.04. The van der Waals surface area contributed by atoms with E-state index in [1.807, 2.05) is 152 Å². The van der Waals surface area contributed by atoms with Crippen LogP contribution in [0.5, 0.6) is 0 Å². The monoisotopic (exact) mass is 558 g/mol. The Bertz CT molecular complexity index is 1820. The first-order valence-corrected chi connectivity index (χ1v) is 14.2. The van der Waals surface area contributed by atoms with E-state index in [1.165, 1.54) is 0 Å². The number of nitrogens with zero attached hydrogens (tertiary/aromatic N) is 2. The topological polar surface area (TPSA) is 40.6 Å². The van der Waals surface area contributed by atoms with Crippen LogP contribution in [0.2, 0.25) is 0 Å². The quantitative estimate of drug-likeness (QED) is 0.196. The molecular weight excluding hydrogens is 528 g/mol. The second-order valence-corrected chi connectivity index (χ2v) is 10.2. The first kappa shape index (κ1) is 27.4. The lowest BCUT2D eigenvalue weighted by molar-refractivity contribution is -0.115. The van der Waals surface area contributed by atoms with Crippen LogP contribution in [0, 0.1) is 0 Å². The van der Waals surface area contributed by atoms with E-state index in [2.05, 4.69) is 12.1 Å². The first-order valence-electron chi connectivity index (χ1n) is 14.2. The minimum Gasteiger partial charge on any atom is -0.281 e. The standard InChI is InChI=1S/C39H30N2O2/c1-29(42)40(35-15-9-4-10-16-35)36-23-17-32(18-24-36)33-21-27-38(28-22-33)41(39(43)34-13-7-3-8-14-34)37-25-19-31(20-26-37)30-11-5-2-6-12-30/h2-28H,1H3. The molecule has 2 amide bonds. The zero-order valence-electron chi connectivity index (χ0n) is 23.8. The van der Waals surface area contributed by atoms with Gasteiger partial charge in [0.1, 0.15) is 0 Å². The van der Waals surface area contributed by atoms with E-state index in [0.29, 0.717) is 5.56 Å². The fourth-order valence-corrected chi connectivity index (χ4v) is 5.22. The molecule has 0 aliphatic heterocycles. The van der Waals surface area contributed by atoms with E-state index in [1.54, 1.807) is 16.7 Å². The summed E-state index contributed by atoms with van der Waals surface area (Å²) in [4.78, 5) is 29.7. The van der Waals surface area contributed by atoms with E-state index in [9.17, 15) is 9.59 Å². The number of amides is 2. The van der Waals surface area contributed by atoms with Gasteiger partial charge in [0.2, 0.25) is 5.91 Å². The molecule has 0 saturated heterocycles. The van der Waals surface area contributed by atoms with Crippen LogP contribution >= 0.6 is 0 Å². The lowest BCUT2D eigenvalue weighted by Gasteiger charge is -2.24. The zero-order chi connectivity index (χ0) is 29.6. The molecule has 4 nitrogen and oxygen atoms in total. The highest BCUT2D eigenvalue weighted by Crippen LogP contribution is 2.33. The van der Waals surface area contributed by atoms with E-state index >= 15 is 0 Å². The molecule has 0 heterocycles. The number of hydrogen-bond acceptors (Lipinski definition) is 2. The molecule has 0 N–H and O–H groups in total. The summed E-state index contributed by atoms with van der Waals surface area (Å²) in [6.45, 7) is 1.57. The van der Waals surface area contributed by atoms with Crippen molar-refractivity contribution in [2.45, 2.75) is 6.92 Å². The summed E-state index contributed by atoms with van der Waals surface area (Å²) < 4.78 is 0. The molecule has 4 heteroatoms. The summed E-state index contributed by atoms with van der Waals surface area (Å²) in [5, 5.41) is 0. The van der Waals surface area contributed by atoms with Gasteiger partial charge in [-0.3, -0.25) is 19.4 Å². The van der Waals surface area contributed by atoms with Gasteiger partial charge in [0.25, 0.3) is 5.91 Å². The van der Waals surface area contributed by atoms with Crippen molar-refractivity contribution in [3.05, 3.63) is 169 Å². The Kier molecular flexibility index (Phi) is 7.92. The van der Waals surface area contributed by atoms with Crippen LogP contribution in [0.4, 0.5) is 22.7 Å². The van der Waals surface area contributed by atoms with Crippen molar-refractivity contribution in [3.63, 3.8) is 0 Å². The van der Waals surface area contributed by atoms with Crippen molar-refractivity contribution < 1.29 is 9.59 Å². The van der Waals surface area contributed by atoms with Crippen LogP contribution in [0.25, 0.3) is 22.3 Å². The van der Waals surface area contributed by atoms with Gasteiger partial charge in [-0.05, 0) is 82.9 Å². The normalized spacial score (nSPS) is 10.6. The minimum absolute atomic E-state index is 0.0525. The molecule has 0 aliphatic rings. The predicted octanol–water partition coefficient (Wildman–Crippen LogP) is 9.68. The molecule has 43 heavy (non-hydrogen) atoms. The van der Waals surface area contributed by atoms with Gasteiger partial charge in [0.05, 0.1) is 0 Å². The number of para-hydroxylation sites is 1. The van der Waals surface area contributed by atoms with Gasteiger partial charge in [-0.25, -0.2) is 0 Å². The van der Waals surface area contributed by atoms with Crippen LogP contribution < -0.4 is 9.80 Å². The molecule has 208 valence electrons. The molecule has 6 aromatic rings. The molecule has 0 radical (unpaired) electrons. The second-order valence-electron chi connectivity index (χ2n) is 10.2. The highest BCUT2D eigenvalue weighted by molar-refractivity contribution is 6.11. The molecule has 0 unspecified atom stereocenters. The van der Waals surface area contributed by atoms with Crippen LogP contribution in [0.1, 0.15) is 17.3 Å². The number of anilines is 4. The van der Waals surface area contributed by atoms with E-state index in [-0.39, 0.29) is 11.8 Å². The number of carbonyl (C=O) groups excluding carboxylic acids is 2. The Morgan fingerprint density at radius 1 is 0.372 bits per heavy atom. The van der Waals surface area contributed by atoms with Crippen molar-refractivity contribution in [1.29, 1.82) is 0 Å². The minimum atomic E-state index is -0.101. The van der Waals surface area contributed by atoms with Gasteiger partial charge in [-0.15, -0.1) is 0 Å². The highest BCUT2D eigenvalue weighted by atomic mass is 16.2. The SMILES string of the molecule is CC(=O)N(c1ccccc1)c1ccc(-c2ccc(N(C(=O)c3ccccc3)c3ccc(-c4ccccc4)cc3)cc2)cc1. The molecule has 0 saturated carbocycles. The maximum atomic E-state index is 13.8. The first-order chi connectivity index (χ1) is 21.1. The summed E-state index contributed by atoms with van der Waals surface area (Å²) in [5.74, 6) is -0.154. The Labute approximate surface area is 252 Å². The molecule has 0 atom stereocenters. The molecule has 0 spiro atoms. The van der Waals surface area contributed by atoms with Gasteiger partial charge in [-0.1, -0.05) is 103 Å². The van der Waals surface area contributed by atoms with Crippen molar-refractivity contribution in [2.24, 2.45) is 0 Å². The lowest BCUT2D eigenvalue weighted by atomic mass is 10.0. The van der Waals surface area contributed by atoms with Crippen LogP contribution in [-0.4, -0.2) is 11.8 Å². The van der Waals surface area contributed by atoms with Gasteiger partial charge >= 0.3 is 0 Å². The van der Waals surface area contributed by atoms with Crippen LogP contribution in [0.15, 0.2) is 164 Å². The van der Waals surface area contributed by atoms with Gasteiger partial charge in [0.15, 0.2) is 0 Å². The fraction of sp³-hybridized carbons (Fsp3) is 0.0256. The maximum absolute atomic E-state index is 13.8. The summed E-state index contributed by atoms with van der Waals surface area (Å²) in [6, 6.07) is 53.1. The molecular formula is C39H30N2O2. The van der Waals surface area contributed by atoms with Crippen LogP contribution in [-0.2, 0) is 4.79 Å². The average Bonchev–Trinajstić information content (AvgIpc) is 3.07. The molecule has 0 aliphatic carbocycles. The molecule has 0 aromatic heterocycles. The fourth-order valence-electron chi connectivity index (χ4n) is 5.22. The number of rotatable bonds is 7. The number of hydrogen-bond donors (Lipinski definition) is 0. The van der Waals surface area contributed by atoms with Gasteiger partial charge in [-0.2, -0.15) is 0 Å². The molecule has 0 bridgehead atoms. The second kappa shape index (κ2) is 12.4. The lowest BCUT2D eigenvalue weighted by Crippen LogP contribution is -2.25. The van der Waals surface area contributed by atoms with E-state index < -0.39 is 0 Å². The summed E-state index contributed by atoms with van der Waals surface area (Å²) in [6.07, 6.45) is 0. The third-order valence-electron chi connectivity index (χ3n) is 7.37. The third kappa shape index (κ3) is 5.99.